The van der Waals surface area contributed by atoms with Crippen molar-refractivity contribution in [3.05, 3.63) is 41.0 Å². The van der Waals surface area contributed by atoms with Gasteiger partial charge in [0.1, 0.15) is 0 Å². The Hall–Kier alpha value is -2.10. The molecule has 1 aliphatic carbocycles. The number of carbonyl (C=O) groups excluding carboxylic acids is 1. The number of hydrogen-bond donors (Lipinski definition) is 1. The number of nitrogens with zero attached hydrogens (tertiary/aromatic N) is 1. The van der Waals surface area contributed by atoms with Crippen LogP contribution in [0.2, 0.25) is 0 Å². The van der Waals surface area contributed by atoms with E-state index in [1.54, 1.807) is 6.07 Å². The summed E-state index contributed by atoms with van der Waals surface area (Å²) >= 11 is 0. The second kappa shape index (κ2) is 6.57. The highest BCUT2D eigenvalue weighted by Gasteiger charge is 2.32. The molecule has 0 unspecified atom stereocenters. The molecule has 1 aromatic rings. The van der Waals surface area contributed by atoms with Crippen LogP contribution in [-0.2, 0) is 4.79 Å². The normalized spacial score (nSPS) is 14.4. The first-order valence-electron chi connectivity index (χ1n) is 7.36. The molecule has 2 rings (SSSR count). The number of hydrogen-bond acceptors (Lipinski definition) is 2. The minimum absolute atomic E-state index is 0.0578. The van der Waals surface area contributed by atoms with Gasteiger partial charge in [-0.25, -0.2) is 4.79 Å². The molecule has 0 radical (unpaired) electrons. The Kier molecular flexibility index (Phi) is 4.78. The number of rotatable bonds is 6. The number of carboxylic acids is 1. The number of aliphatic carboxylic acids is 1. The van der Waals surface area contributed by atoms with Crippen LogP contribution >= 0.6 is 0 Å². The van der Waals surface area contributed by atoms with Gasteiger partial charge in [-0.2, -0.15) is 0 Å². The molecular weight excluding hydrogens is 266 g/mol. The van der Waals surface area contributed by atoms with Crippen molar-refractivity contribution in [2.75, 3.05) is 6.54 Å². The van der Waals surface area contributed by atoms with Crippen LogP contribution in [0.25, 0.3) is 6.08 Å². The van der Waals surface area contributed by atoms with Crippen LogP contribution in [0.3, 0.4) is 0 Å². The Bertz CT molecular complexity index is 573. The molecular formula is C17H21NO3. The highest BCUT2D eigenvalue weighted by molar-refractivity contribution is 5.97. The molecule has 112 valence electrons. The predicted octanol–water partition coefficient (Wildman–Crippen LogP) is 3.11. The molecule has 0 saturated heterocycles. The van der Waals surface area contributed by atoms with Crippen LogP contribution < -0.4 is 0 Å². The van der Waals surface area contributed by atoms with Gasteiger partial charge in [0.05, 0.1) is 0 Å². The molecule has 1 N–H and O–H groups in total. The van der Waals surface area contributed by atoms with Crippen molar-refractivity contribution < 1.29 is 14.7 Å². The van der Waals surface area contributed by atoms with Gasteiger partial charge >= 0.3 is 5.97 Å². The van der Waals surface area contributed by atoms with Gasteiger partial charge in [-0.1, -0.05) is 19.1 Å². The van der Waals surface area contributed by atoms with E-state index in [-0.39, 0.29) is 5.91 Å². The first-order valence-corrected chi connectivity index (χ1v) is 7.36. The molecule has 1 aromatic carbocycles. The van der Waals surface area contributed by atoms with Gasteiger partial charge < -0.3 is 10.0 Å². The fraction of sp³-hybridized carbons (Fsp3) is 0.412. The maximum Gasteiger partial charge on any atom is 0.328 e. The smallest absolute Gasteiger partial charge is 0.328 e. The van der Waals surface area contributed by atoms with E-state index in [9.17, 15) is 9.59 Å². The van der Waals surface area contributed by atoms with Crippen molar-refractivity contribution >= 4 is 18.0 Å². The molecule has 1 amide bonds. The van der Waals surface area contributed by atoms with E-state index in [0.717, 1.165) is 43.0 Å². The van der Waals surface area contributed by atoms with Crippen LogP contribution in [0.4, 0.5) is 0 Å². The number of carbonyl (C=O) groups is 2. The molecule has 4 heteroatoms. The zero-order valence-electron chi connectivity index (χ0n) is 12.5. The topological polar surface area (TPSA) is 57.6 Å². The lowest BCUT2D eigenvalue weighted by Crippen LogP contribution is -2.34. The van der Waals surface area contributed by atoms with Crippen molar-refractivity contribution in [2.45, 2.75) is 39.2 Å². The first kappa shape index (κ1) is 15.3. The van der Waals surface area contributed by atoms with Crippen molar-refractivity contribution in [3.63, 3.8) is 0 Å². The predicted molar refractivity (Wildman–Crippen MR) is 82.2 cm³/mol. The van der Waals surface area contributed by atoms with E-state index < -0.39 is 5.97 Å². The quantitative estimate of drug-likeness (QED) is 0.818. The molecule has 1 aliphatic rings. The molecule has 4 nitrogen and oxygen atoms in total. The highest BCUT2D eigenvalue weighted by Crippen LogP contribution is 2.29. The van der Waals surface area contributed by atoms with Gasteiger partial charge in [-0.05, 0) is 49.5 Å². The van der Waals surface area contributed by atoms with Crippen LogP contribution in [0.15, 0.2) is 24.3 Å². The fourth-order valence-corrected chi connectivity index (χ4v) is 2.46. The van der Waals surface area contributed by atoms with Gasteiger partial charge in [0.15, 0.2) is 0 Å². The van der Waals surface area contributed by atoms with E-state index in [4.69, 9.17) is 5.11 Å². The van der Waals surface area contributed by atoms with Crippen molar-refractivity contribution in [3.8, 4) is 0 Å². The lowest BCUT2D eigenvalue weighted by atomic mass is 10.0. The van der Waals surface area contributed by atoms with E-state index in [2.05, 4.69) is 6.92 Å². The molecule has 1 fully saturated rings. The molecule has 21 heavy (non-hydrogen) atoms. The lowest BCUT2D eigenvalue weighted by molar-refractivity contribution is -0.131. The van der Waals surface area contributed by atoms with Gasteiger partial charge in [0.2, 0.25) is 0 Å². The molecule has 0 atom stereocenters. The summed E-state index contributed by atoms with van der Waals surface area (Å²) in [4.78, 5) is 25.3. The summed E-state index contributed by atoms with van der Waals surface area (Å²) in [6.45, 7) is 4.71. The third-order valence-corrected chi connectivity index (χ3v) is 3.72. The van der Waals surface area contributed by atoms with Crippen LogP contribution in [0.1, 0.15) is 47.7 Å². The summed E-state index contributed by atoms with van der Waals surface area (Å²) in [6.07, 6.45) is 5.75. The Labute approximate surface area is 125 Å². The van der Waals surface area contributed by atoms with E-state index >= 15 is 0 Å². The largest absolute Gasteiger partial charge is 0.478 e. The van der Waals surface area contributed by atoms with Gasteiger partial charge in [-0.3, -0.25) is 4.79 Å². The summed E-state index contributed by atoms with van der Waals surface area (Å²) < 4.78 is 0. The third kappa shape index (κ3) is 3.72. The third-order valence-electron chi connectivity index (χ3n) is 3.72. The first-order chi connectivity index (χ1) is 10.0. The Morgan fingerprint density at radius 2 is 2.10 bits per heavy atom. The van der Waals surface area contributed by atoms with Crippen molar-refractivity contribution in [1.82, 2.24) is 4.90 Å². The lowest BCUT2D eigenvalue weighted by Gasteiger charge is -2.23. The zero-order chi connectivity index (χ0) is 15.4. The second-order valence-electron chi connectivity index (χ2n) is 5.42. The molecule has 0 aromatic heterocycles. The summed E-state index contributed by atoms with van der Waals surface area (Å²) in [5.74, 6) is -0.931. The number of carboxylic acid groups (broad SMARTS) is 1. The SMILES string of the molecule is CCCN(C(=O)c1cccc(C=CC(=O)O)c1C)C1CC1. The van der Waals surface area contributed by atoms with E-state index in [0.29, 0.717) is 11.6 Å². The standard InChI is InChI=1S/C17H21NO3/c1-3-11-18(14-8-9-14)17(21)15-6-4-5-13(12(15)2)7-10-16(19)20/h4-7,10,14H,3,8-9,11H2,1-2H3,(H,19,20). The van der Waals surface area contributed by atoms with Gasteiger partial charge in [-0.15, -0.1) is 0 Å². The number of benzene rings is 1. The Morgan fingerprint density at radius 1 is 1.38 bits per heavy atom. The van der Waals surface area contributed by atoms with E-state index in [1.165, 1.54) is 6.08 Å². The highest BCUT2D eigenvalue weighted by atomic mass is 16.4. The average Bonchev–Trinajstić information content (AvgIpc) is 3.27. The molecule has 1 saturated carbocycles. The monoisotopic (exact) mass is 287 g/mol. The summed E-state index contributed by atoms with van der Waals surface area (Å²) in [5, 5.41) is 8.72. The number of amides is 1. The Balaban J connectivity index is 2.28. The Morgan fingerprint density at radius 3 is 2.67 bits per heavy atom. The van der Waals surface area contributed by atoms with Gasteiger partial charge in [0.25, 0.3) is 5.91 Å². The second-order valence-corrected chi connectivity index (χ2v) is 5.42. The molecule has 0 heterocycles. The maximum absolute atomic E-state index is 12.7. The summed E-state index contributed by atoms with van der Waals surface area (Å²) in [6, 6.07) is 5.84. The maximum atomic E-state index is 12.7. The zero-order valence-corrected chi connectivity index (χ0v) is 12.5. The average molecular weight is 287 g/mol. The summed E-state index contributed by atoms with van der Waals surface area (Å²) in [7, 11) is 0. The van der Waals surface area contributed by atoms with Crippen LogP contribution in [-0.4, -0.2) is 34.5 Å². The molecule has 0 aliphatic heterocycles. The molecule has 0 bridgehead atoms. The minimum Gasteiger partial charge on any atom is -0.478 e. The van der Waals surface area contributed by atoms with Crippen molar-refractivity contribution in [2.24, 2.45) is 0 Å². The summed E-state index contributed by atoms with van der Waals surface area (Å²) in [5.41, 5.74) is 2.28. The minimum atomic E-state index is -0.989. The fourth-order valence-electron chi connectivity index (χ4n) is 2.46. The van der Waals surface area contributed by atoms with Crippen molar-refractivity contribution in [1.29, 1.82) is 0 Å². The van der Waals surface area contributed by atoms with Crippen LogP contribution in [0.5, 0.6) is 0 Å². The van der Waals surface area contributed by atoms with Crippen LogP contribution in [0, 0.1) is 6.92 Å². The van der Waals surface area contributed by atoms with E-state index in [1.807, 2.05) is 24.0 Å². The van der Waals surface area contributed by atoms with Gasteiger partial charge in [0, 0.05) is 24.2 Å². The molecule has 0 spiro atoms.